The number of pyridine rings is 1. The molecular formula is C24H22BrN. The fourth-order valence-corrected chi connectivity index (χ4v) is 5.99. The average Bonchev–Trinajstić information content (AvgIpc) is 2.79. The Balaban J connectivity index is 1.97. The first-order valence-electron chi connectivity index (χ1n) is 9.23. The van der Waals surface area contributed by atoms with Gasteiger partial charge in [0, 0.05) is 21.4 Å². The van der Waals surface area contributed by atoms with E-state index in [4.69, 9.17) is 4.98 Å². The van der Waals surface area contributed by atoms with Crippen molar-refractivity contribution in [2.24, 2.45) is 0 Å². The number of rotatable bonds is 0. The summed E-state index contributed by atoms with van der Waals surface area (Å²) in [6, 6.07) is 15.4. The van der Waals surface area contributed by atoms with Crippen LogP contribution in [0.5, 0.6) is 0 Å². The summed E-state index contributed by atoms with van der Waals surface area (Å²) in [6.07, 6.45) is 3.30. The summed E-state index contributed by atoms with van der Waals surface area (Å²) in [5.74, 6) is 0. The monoisotopic (exact) mass is 403 g/mol. The maximum Gasteiger partial charge on any atom is 0.0784 e. The van der Waals surface area contributed by atoms with E-state index in [0.717, 1.165) is 16.4 Å². The fourth-order valence-electron chi connectivity index (χ4n) is 5.28. The SMILES string of the molecule is CC1(C)CC(C)(C)c2c1cnc1c2ccc2c(Br)c3ccccc3cc21. The molecule has 5 rings (SSSR count). The number of hydrogen-bond donors (Lipinski definition) is 0. The van der Waals surface area contributed by atoms with Crippen molar-refractivity contribution in [2.75, 3.05) is 0 Å². The smallest absolute Gasteiger partial charge is 0.0784 e. The molecule has 0 bridgehead atoms. The molecular weight excluding hydrogens is 382 g/mol. The van der Waals surface area contributed by atoms with Crippen LogP contribution in [0.1, 0.15) is 45.2 Å². The van der Waals surface area contributed by atoms with E-state index < -0.39 is 0 Å². The summed E-state index contributed by atoms with van der Waals surface area (Å²) in [5, 5.41) is 6.28. The van der Waals surface area contributed by atoms with Gasteiger partial charge in [0.1, 0.15) is 0 Å². The quantitative estimate of drug-likeness (QED) is 0.222. The normalized spacial score (nSPS) is 17.9. The summed E-state index contributed by atoms with van der Waals surface area (Å²) in [6.45, 7) is 9.44. The second-order valence-corrected chi connectivity index (χ2v) is 9.75. The minimum atomic E-state index is 0.168. The van der Waals surface area contributed by atoms with E-state index in [1.54, 1.807) is 0 Å². The third-order valence-electron chi connectivity index (χ3n) is 6.10. The average molecular weight is 404 g/mol. The molecule has 0 saturated carbocycles. The van der Waals surface area contributed by atoms with Crippen molar-refractivity contribution in [2.45, 2.75) is 44.9 Å². The summed E-state index contributed by atoms with van der Waals surface area (Å²) < 4.78 is 1.16. The van der Waals surface area contributed by atoms with Crippen LogP contribution in [-0.2, 0) is 10.8 Å². The standard InChI is InChI=1S/C24H22BrN/c1-23(2)13-24(3,4)20-17-10-9-16-18(22(17)26-12-19(20)23)11-14-7-5-6-8-15(14)21(16)25/h5-12H,13H2,1-4H3. The number of halogens is 1. The molecule has 0 aliphatic heterocycles. The fraction of sp³-hybridized carbons (Fsp3) is 0.292. The lowest BCUT2D eigenvalue weighted by atomic mass is 9.81. The van der Waals surface area contributed by atoms with E-state index in [2.05, 4.69) is 92.3 Å². The first-order valence-corrected chi connectivity index (χ1v) is 10.0. The molecule has 0 spiro atoms. The maximum atomic E-state index is 4.97. The summed E-state index contributed by atoms with van der Waals surface area (Å²) in [4.78, 5) is 4.97. The van der Waals surface area contributed by atoms with Crippen LogP contribution >= 0.6 is 15.9 Å². The zero-order chi connectivity index (χ0) is 18.3. The first kappa shape index (κ1) is 16.3. The third-order valence-corrected chi connectivity index (χ3v) is 6.96. The molecule has 0 atom stereocenters. The predicted molar refractivity (Wildman–Crippen MR) is 115 cm³/mol. The van der Waals surface area contributed by atoms with Crippen LogP contribution < -0.4 is 0 Å². The molecule has 3 aromatic carbocycles. The molecule has 2 heteroatoms. The number of hydrogen-bond acceptors (Lipinski definition) is 1. The van der Waals surface area contributed by atoms with Gasteiger partial charge in [-0.15, -0.1) is 0 Å². The predicted octanol–water partition coefficient (Wildman–Crippen LogP) is 7.26. The summed E-state index contributed by atoms with van der Waals surface area (Å²) >= 11 is 3.84. The van der Waals surface area contributed by atoms with Crippen molar-refractivity contribution in [1.29, 1.82) is 0 Å². The van der Waals surface area contributed by atoms with Gasteiger partial charge in [0.15, 0.2) is 0 Å². The van der Waals surface area contributed by atoms with Crippen molar-refractivity contribution < 1.29 is 0 Å². The Morgan fingerprint density at radius 3 is 2.38 bits per heavy atom. The van der Waals surface area contributed by atoms with Crippen molar-refractivity contribution in [3.05, 3.63) is 64.3 Å². The Bertz CT molecular complexity index is 1220. The van der Waals surface area contributed by atoms with Crippen LogP contribution in [0.25, 0.3) is 32.4 Å². The molecule has 0 saturated heterocycles. The molecule has 0 amide bonds. The highest BCUT2D eigenvalue weighted by Crippen LogP contribution is 2.52. The van der Waals surface area contributed by atoms with Gasteiger partial charge in [-0.3, -0.25) is 4.98 Å². The lowest BCUT2D eigenvalue weighted by Crippen LogP contribution is -2.18. The van der Waals surface area contributed by atoms with Crippen molar-refractivity contribution in [3.63, 3.8) is 0 Å². The number of aromatic nitrogens is 1. The van der Waals surface area contributed by atoms with E-state index in [1.165, 1.54) is 38.1 Å². The van der Waals surface area contributed by atoms with E-state index in [0.29, 0.717) is 0 Å². The topological polar surface area (TPSA) is 12.9 Å². The van der Waals surface area contributed by atoms with Crippen LogP contribution in [-0.4, -0.2) is 4.98 Å². The molecule has 130 valence electrons. The number of fused-ring (bicyclic) bond motifs is 6. The summed E-state index contributed by atoms with van der Waals surface area (Å²) in [5.41, 5.74) is 4.37. The van der Waals surface area contributed by atoms with E-state index >= 15 is 0 Å². The highest BCUT2D eigenvalue weighted by molar-refractivity contribution is 9.10. The molecule has 1 aliphatic carbocycles. The molecule has 0 fully saturated rings. The molecule has 1 aliphatic rings. The Labute approximate surface area is 162 Å². The van der Waals surface area contributed by atoms with Gasteiger partial charge in [0.2, 0.25) is 0 Å². The molecule has 0 unspecified atom stereocenters. The zero-order valence-electron chi connectivity index (χ0n) is 15.7. The Hall–Kier alpha value is -1.93. The van der Waals surface area contributed by atoms with Gasteiger partial charge in [0.05, 0.1) is 5.52 Å². The molecule has 1 aromatic heterocycles. The highest BCUT2D eigenvalue weighted by Gasteiger charge is 2.43. The lowest BCUT2D eigenvalue weighted by Gasteiger charge is -2.23. The molecule has 1 heterocycles. The highest BCUT2D eigenvalue weighted by atomic mass is 79.9. The van der Waals surface area contributed by atoms with Crippen LogP contribution in [0.4, 0.5) is 0 Å². The van der Waals surface area contributed by atoms with Crippen molar-refractivity contribution in [3.8, 4) is 0 Å². The maximum absolute atomic E-state index is 4.97. The second kappa shape index (κ2) is 5.07. The van der Waals surface area contributed by atoms with Crippen molar-refractivity contribution >= 4 is 48.4 Å². The van der Waals surface area contributed by atoms with Gasteiger partial charge in [-0.2, -0.15) is 0 Å². The summed E-state index contributed by atoms with van der Waals surface area (Å²) in [7, 11) is 0. The lowest BCUT2D eigenvalue weighted by molar-refractivity contribution is 0.404. The van der Waals surface area contributed by atoms with Crippen LogP contribution in [0.3, 0.4) is 0 Å². The third kappa shape index (κ3) is 2.05. The Morgan fingerprint density at radius 1 is 0.846 bits per heavy atom. The molecule has 0 radical (unpaired) electrons. The van der Waals surface area contributed by atoms with Crippen LogP contribution in [0.15, 0.2) is 53.1 Å². The first-order chi connectivity index (χ1) is 12.3. The largest absolute Gasteiger partial charge is 0.255 e. The van der Waals surface area contributed by atoms with Gasteiger partial charge in [0.25, 0.3) is 0 Å². The molecule has 4 aromatic rings. The van der Waals surface area contributed by atoms with Crippen molar-refractivity contribution in [1.82, 2.24) is 4.98 Å². The van der Waals surface area contributed by atoms with Gasteiger partial charge < -0.3 is 0 Å². The zero-order valence-corrected chi connectivity index (χ0v) is 17.2. The number of nitrogens with zero attached hydrogens (tertiary/aromatic N) is 1. The molecule has 1 nitrogen and oxygen atoms in total. The van der Waals surface area contributed by atoms with E-state index in [1.807, 2.05) is 0 Å². The van der Waals surface area contributed by atoms with Crippen LogP contribution in [0, 0.1) is 0 Å². The molecule has 0 N–H and O–H groups in total. The van der Waals surface area contributed by atoms with E-state index in [9.17, 15) is 0 Å². The van der Waals surface area contributed by atoms with Gasteiger partial charge >= 0.3 is 0 Å². The second-order valence-electron chi connectivity index (χ2n) is 8.96. The Kier molecular flexibility index (Phi) is 3.17. The molecule has 26 heavy (non-hydrogen) atoms. The number of benzene rings is 3. The Morgan fingerprint density at radius 2 is 1.58 bits per heavy atom. The van der Waals surface area contributed by atoms with Gasteiger partial charge in [-0.05, 0) is 66.5 Å². The van der Waals surface area contributed by atoms with Gasteiger partial charge in [-0.25, -0.2) is 0 Å². The van der Waals surface area contributed by atoms with E-state index in [-0.39, 0.29) is 10.8 Å². The van der Waals surface area contributed by atoms with Gasteiger partial charge in [-0.1, -0.05) is 64.1 Å². The van der Waals surface area contributed by atoms with Crippen LogP contribution in [0.2, 0.25) is 0 Å². The minimum absolute atomic E-state index is 0.168. The minimum Gasteiger partial charge on any atom is -0.255 e.